The number of carbonyl (C=O) groups is 2. The van der Waals surface area contributed by atoms with Gasteiger partial charge in [0.15, 0.2) is 0 Å². The average molecular weight is 392 g/mol. The Bertz CT molecular complexity index is 1290. The van der Waals surface area contributed by atoms with Crippen LogP contribution in [0.5, 0.6) is 0 Å². The second kappa shape index (κ2) is 6.31. The van der Waals surface area contributed by atoms with Crippen LogP contribution in [0.2, 0.25) is 0 Å². The van der Waals surface area contributed by atoms with E-state index in [4.69, 9.17) is 5.73 Å². The molecule has 0 fully saturated rings. The van der Waals surface area contributed by atoms with E-state index in [2.05, 4.69) is 4.72 Å². The van der Waals surface area contributed by atoms with Gasteiger partial charge in [0.2, 0.25) is 11.6 Å². The molecule has 0 atom stereocenters. The summed E-state index contributed by atoms with van der Waals surface area (Å²) in [4.78, 5) is 25.8. The molecule has 0 spiro atoms. The summed E-state index contributed by atoms with van der Waals surface area (Å²) < 4.78 is 27.7. The highest BCUT2D eigenvalue weighted by molar-refractivity contribution is 7.89. The maximum absolute atomic E-state index is 13.1. The highest BCUT2D eigenvalue weighted by Gasteiger charge is 2.34. The highest BCUT2D eigenvalue weighted by Crippen LogP contribution is 2.30. The molecule has 0 unspecified atom stereocenters. The molecule has 0 heterocycles. The number of ketones is 2. The molecule has 3 aromatic rings. The first kappa shape index (κ1) is 17.9. The molecule has 1 aliphatic rings. The van der Waals surface area contributed by atoms with Gasteiger partial charge in [0.25, 0.3) is 10.0 Å². The van der Waals surface area contributed by atoms with Crippen molar-refractivity contribution < 1.29 is 18.0 Å². The molecular formula is C21H16N2O4S. The quantitative estimate of drug-likeness (QED) is 0.713. The Morgan fingerprint density at radius 1 is 0.857 bits per heavy atom. The zero-order valence-corrected chi connectivity index (χ0v) is 15.7. The van der Waals surface area contributed by atoms with Crippen molar-refractivity contribution in [3.8, 4) is 0 Å². The summed E-state index contributed by atoms with van der Waals surface area (Å²) in [5.74, 6) is -1.21. The fraction of sp³-hybridized carbons (Fsp3) is 0.0476. The van der Waals surface area contributed by atoms with Crippen LogP contribution in [0.1, 0.15) is 26.3 Å². The molecule has 7 heteroatoms. The second-order valence-electron chi connectivity index (χ2n) is 6.57. The van der Waals surface area contributed by atoms with Crippen molar-refractivity contribution >= 4 is 32.4 Å². The van der Waals surface area contributed by atoms with Crippen molar-refractivity contribution in [3.05, 3.63) is 88.7 Å². The summed E-state index contributed by atoms with van der Waals surface area (Å²) in [6, 6.07) is 16.5. The number of carbonyl (C=O) groups excluding carboxylic acids is 2. The normalized spacial score (nSPS) is 14.3. The molecule has 0 saturated heterocycles. The minimum atomic E-state index is -4.08. The van der Waals surface area contributed by atoms with Crippen LogP contribution in [-0.2, 0) is 10.0 Å². The van der Waals surface area contributed by atoms with Gasteiger partial charge in [0, 0.05) is 11.1 Å². The van der Waals surface area contributed by atoms with Crippen LogP contribution in [0.3, 0.4) is 0 Å². The molecule has 0 aromatic heterocycles. The third kappa shape index (κ3) is 2.76. The van der Waals surface area contributed by atoms with Gasteiger partial charge in [-0.3, -0.25) is 14.3 Å². The Hall–Kier alpha value is -3.45. The van der Waals surface area contributed by atoms with Crippen molar-refractivity contribution in [1.82, 2.24) is 4.72 Å². The Morgan fingerprint density at radius 3 is 2.25 bits per heavy atom. The lowest BCUT2D eigenvalue weighted by Gasteiger charge is -2.21. The first-order valence-electron chi connectivity index (χ1n) is 8.50. The minimum Gasteiger partial charge on any atom is -0.394 e. The standard InChI is InChI=1S/C21H16N2O4S/c1-12-6-9-14(10-7-12)28(26,27)23-19-18(22)20(24)16-11-8-13-4-2-3-5-15(13)17(16)21(19)25/h2-11,23H,22H2,1H3. The van der Waals surface area contributed by atoms with Crippen LogP contribution in [0, 0.1) is 6.92 Å². The lowest BCUT2D eigenvalue weighted by molar-refractivity contribution is 0.0971. The molecule has 3 N–H and O–H groups in total. The summed E-state index contributed by atoms with van der Waals surface area (Å²) in [5.41, 5.74) is 6.24. The van der Waals surface area contributed by atoms with Crippen LogP contribution in [-0.4, -0.2) is 20.0 Å². The molecular weight excluding hydrogens is 376 g/mol. The first-order valence-corrected chi connectivity index (χ1v) is 9.98. The Labute approximate surface area is 161 Å². The smallest absolute Gasteiger partial charge is 0.262 e. The number of nitrogens with one attached hydrogen (secondary N) is 1. The van der Waals surface area contributed by atoms with Crippen molar-refractivity contribution in [2.24, 2.45) is 5.73 Å². The largest absolute Gasteiger partial charge is 0.394 e. The summed E-state index contributed by atoms with van der Waals surface area (Å²) in [5, 5.41) is 1.33. The molecule has 3 aromatic carbocycles. The van der Waals surface area contributed by atoms with Crippen LogP contribution in [0.4, 0.5) is 0 Å². The highest BCUT2D eigenvalue weighted by atomic mass is 32.2. The number of fused-ring (bicyclic) bond motifs is 3. The second-order valence-corrected chi connectivity index (χ2v) is 8.26. The minimum absolute atomic E-state index is 0.0256. The SMILES string of the molecule is Cc1ccc(S(=O)(=O)NC2=C(N)C(=O)c3ccc4ccccc4c3C2=O)cc1. The summed E-state index contributed by atoms with van der Waals surface area (Å²) >= 11 is 0. The predicted octanol–water partition coefficient (Wildman–Crippen LogP) is 2.68. The van der Waals surface area contributed by atoms with E-state index in [1.807, 2.05) is 19.1 Å². The monoisotopic (exact) mass is 392 g/mol. The zero-order valence-electron chi connectivity index (χ0n) is 14.9. The van der Waals surface area contributed by atoms with Crippen LogP contribution in [0.15, 0.2) is 77.0 Å². The topological polar surface area (TPSA) is 106 Å². The van der Waals surface area contributed by atoms with E-state index in [0.29, 0.717) is 5.39 Å². The van der Waals surface area contributed by atoms with Gasteiger partial charge in [-0.2, -0.15) is 0 Å². The number of hydrogen-bond donors (Lipinski definition) is 2. The Kier molecular flexibility index (Phi) is 4.05. The van der Waals surface area contributed by atoms with Crippen molar-refractivity contribution in [1.29, 1.82) is 0 Å². The molecule has 0 aliphatic heterocycles. The fourth-order valence-electron chi connectivity index (χ4n) is 3.22. The van der Waals surface area contributed by atoms with Gasteiger partial charge in [-0.1, -0.05) is 48.0 Å². The third-order valence-corrected chi connectivity index (χ3v) is 6.08. The number of Topliss-reactive ketones (excluding diaryl/α,β-unsaturated/α-hetero) is 2. The van der Waals surface area contributed by atoms with Crippen LogP contribution < -0.4 is 10.5 Å². The van der Waals surface area contributed by atoms with Gasteiger partial charge in [-0.15, -0.1) is 0 Å². The molecule has 28 heavy (non-hydrogen) atoms. The first-order chi connectivity index (χ1) is 13.3. The van der Waals surface area contributed by atoms with Gasteiger partial charge in [-0.05, 0) is 35.9 Å². The summed E-state index contributed by atoms with van der Waals surface area (Å²) in [7, 11) is -4.08. The number of hydrogen-bond acceptors (Lipinski definition) is 5. The summed E-state index contributed by atoms with van der Waals surface area (Å²) in [6.45, 7) is 1.83. The van der Waals surface area contributed by atoms with Crippen molar-refractivity contribution in [2.45, 2.75) is 11.8 Å². The van der Waals surface area contributed by atoms with E-state index in [1.165, 1.54) is 18.2 Å². The van der Waals surface area contributed by atoms with E-state index in [9.17, 15) is 18.0 Å². The van der Waals surface area contributed by atoms with Crippen molar-refractivity contribution in [2.75, 3.05) is 0 Å². The third-order valence-electron chi connectivity index (χ3n) is 4.71. The summed E-state index contributed by atoms with van der Waals surface area (Å²) in [6.07, 6.45) is 0. The maximum Gasteiger partial charge on any atom is 0.262 e. The lowest BCUT2D eigenvalue weighted by atomic mass is 9.87. The van der Waals surface area contributed by atoms with Crippen LogP contribution >= 0.6 is 0 Å². The van der Waals surface area contributed by atoms with E-state index in [1.54, 1.807) is 30.3 Å². The van der Waals surface area contributed by atoms with Crippen LogP contribution in [0.25, 0.3) is 10.8 Å². The Morgan fingerprint density at radius 2 is 1.54 bits per heavy atom. The van der Waals surface area contributed by atoms with Crippen molar-refractivity contribution in [3.63, 3.8) is 0 Å². The number of aryl methyl sites for hydroxylation is 1. The lowest BCUT2D eigenvalue weighted by Crippen LogP contribution is -2.36. The Balaban J connectivity index is 1.84. The van der Waals surface area contributed by atoms with Gasteiger partial charge in [0.1, 0.15) is 11.4 Å². The maximum atomic E-state index is 13.1. The van der Waals surface area contributed by atoms with Gasteiger partial charge in [0.05, 0.1) is 4.90 Å². The number of rotatable bonds is 3. The number of benzene rings is 3. The molecule has 0 amide bonds. The van der Waals surface area contributed by atoms with E-state index >= 15 is 0 Å². The molecule has 140 valence electrons. The molecule has 0 radical (unpaired) electrons. The fourth-order valence-corrected chi connectivity index (χ4v) is 4.31. The molecule has 1 aliphatic carbocycles. The molecule has 0 bridgehead atoms. The molecule has 6 nitrogen and oxygen atoms in total. The van der Waals surface area contributed by atoms with E-state index in [0.717, 1.165) is 10.9 Å². The van der Waals surface area contributed by atoms with E-state index < -0.39 is 33.0 Å². The number of allylic oxidation sites excluding steroid dienone is 2. The predicted molar refractivity (Wildman–Crippen MR) is 105 cm³/mol. The van der Waals surface area contributed by atoms with Gasteiger partial charge >= 0.3 is 0 Å². The molecule has 0 saturated carbocycles. The average Bonchev–Trinajstić information content (AvgIpc) is 2.69. The molecule has 4 rings (SSSR count). The van der Waals surface area contributed by atoms with Gasteiger partial charge < -0.3 is 5.73 Å². The van der Waals surface area contributed by atoms with E-state index in [-0.39, 0.29) is 16.0 Å². The zero-order chi connectivity index (χ0) is 20.1. The number of nitrogens with two attached hydrogens (primary N) is 1. The van der Waals surface area contributed by atoms with Gasteiger partial charge in [-0.25, -0.2) is 8.42 Å². The number of sulfonamides is 1.